The third-order valence-electron chi connectivity index (χ3n) is 6.97. The van der Waals surface area contributed by atoms with Gasteiger partial charge in [-0.15, -0.1) is 0 Å². The van der Waals surface area contributed by atoms with Crippen molar-refractivity contribution in [3.8, 4) is 0 Å². The maximum atomic E-state index is 13.0. The van der Waals surface area contributed by atoms with Crippen molar-refractivity contribution >= 4 is 22.7 Å². The second kappa shape index (κ2) is 7.31. The molecule has 2 heterocycles. The molecule has 1 aliphatic carbocycles. The minimum Gasteiger partial charge on any atom is -0.361 e. The Hall–Kier alpha value is -3.08. The standard InChI is InChI=1S/C25H27N3O2/c1-17(29)27-23-15-25(21-8-4-2-7-20(21)23)10-12-28(13-11-25)24(30)14-18-16-26-22-9-5-3-6-19(18)22/h2-9,16,23,26H,10-15H2,1H3,(H,27,29). The van der Waals surface area contributed by atoms with E-state index in [2.05, 4.69) is 34.6 Å². The number of carbonyl (C=O) groups excluding carboxylic acids is 2. The van der Waals surface area contributed by atoms with E-state index in [0.717, 1.165) is 48.8 Å². The third-order valence-corrected chi connectivity index (χ3v) is 6.97. The molecule has 1 aromatic heterocycles. The average Bonchev–Trinajstić information content (AvgIpc) is 3.28. The zero-order valence-electron chi connectivity index (χ0n) is 17.3. The number of nitrogens with one attached hydrogen (secondary N) is 2. The number of amides is 2. The molecule has 1 fully saturated rings. The van der Waals surface area contributed by atoms with E-state index in [1.807, 2.05) is 35.4 Å². The van der Waals surface area contributed by atoms with Gasteiger partial charge in [-0.2, -0.15) is 0 Å². The van der Waals surface area contributed by atoms with Gasteiger partial charge in [0.2, 0.25) is 11.8 Å². The molecule has 1 saturated heterocycles. The lowest BCUT2D eigenvalue weighted by molar-refractivity contribution is -0.132. The SMILES string of the molecule is CC(=O)NC1CC2(CCN(C(=O)Cc3c[nH]c4ccccc34)CC2)c2ccccc21. The van der Waals surface area contributed by atoms with Gasteiger partial charge in [0.25, 0.3) is 0 Å². The van der Waals surface area contributed by atoms with E-state index in [4.69, 9.17) is 0 Å². The summed E-state index contributed by atoms with van der Waals surface area (Å²) < 4.78 is 0. The summed E-state index contributed by atoms with van der Waals surface area (Å²) in [7, 11) is 0. The highest BCUT2D eigenvalue weighted by molar-refractivity contribution is 5.89. The smallest absolute Gasteiger partial charge is 0.227 e. The van der Waals surface area contributed by atoms with Crippen molar-refractivity contribution in [2.24, 2.45) is 0 Å². The van der Waals surface area contributed by atoms with Crippen LogP contribution in [0.25, 0.3) is 10.9 Å². The molecule has 2 N–H and O–H groups in total. The van der Waals surface area contributed by atoms with Crippen LogP contribution in [0, 0.1) is 0 Å². The second-order valence-corrected chi connectivity index (χ2v) is 8.74. The zero-order valence-corrected chi connectivity index (χ0v) is 17.3. The van der Waals surface area contributed by atoms with Crippen LogP contribution < -0.4 is 5.32 Å². The quantitative estimate of drug-likeness (QED) is 0.700. The maximum absolute atomic E-state index is 13.0. The number of carbonyl (C=O) groups is 2. The Labute approximate surface area is 176 Å². The summed E-state index contributed by atoms with van der Waals surface area (Å²) in [6.07, 6.45) is 5.21. The molecule has 2 aromatic carbocycles. The van der Waals surface area contributed by atoms with Gasteiger partial charge in [-0.1, -0.05) is 42.5 Å². The molecule has 1 aliphatic heterocycles. The largest absolute Gasteiger partial charge is 0.361 e. The number of hydrogen-bond donors (Lipinski definition) is 2. The van der Waals surface area contributed by atoms with Crippen molar-refractivity contribution in [2.45, 2.75) is 44.1 Å². The molecule has 154 valence electrons. The second-order valence-electron chi connectivity index (χ2n) is 8.74. The number of likely N-dealkylation sites (tertiary alicyclic amines) is 1. The molecule has 1 atom stereocenters. The average molecular weight is 402 g/mol. The number of para-hydroxylation sites is 1. The molecule has 30 heavy (non-hydrogen) atoms. The van der Waals surface area contributed by atoms with Gasteiger partial charge in [-0.3, -0.25) is 9.59 Å². The van der Waals surface area contributed by atoms with E-state index in [1.165, 1.54) is 11.1 Å². The molecule has 2 aliphatic rings. The summed E-state index contributed by atoms with van der Waals surface area (Å²) in [6, 6.07) is 16.7. The van der Waals surface area contributed by atoms with E-state index in [9.17, 15) is 9.59 Å². The van der Waals surface area contributed by atoms with Gasteiger partial charge in [-0.05, 0) is 42.0 Å². The van der Waals surface area contributed by atoms with Crippen molar-refractivity contribution in [2.75, 3.05) is 13.1 Å². The Bertz CT molecular complexity index is 1110. The van der Waals surface area contributed by atoms with Crippen LogP contribution in [0.5, 0.6) is 0 Å². The zero-order chi connectivity index (χ0) is 20.7. The Morgan fingerprint density at radius 2 is 1.83 bits per heavy atom. The molecule has 5 nitrogen and oxygen atoms in total. The first-order valence-corrected chi connectivity index (χ1v) is 10.7. The maximum Gasteiger partial charge on any atom is 0.227 e. The third kappa shape index (κ3) is 3.18. The normalized spacial score (nSPS) is 19.8. The molecule has 1 spiro atoms. The van der Waals surface area contributed by atoms with Crippen LogP contribution in [0.1, 0.15) is 48.9 Å². The molecule has 0 saturated carbocycles. The number of aromatic nitrogens is 1. The molecule has 0 bridgehead atoms. The highest BCUT2D eigenvalue weighted by atomic mass is 16.2. The number of fused-ring (bicyclic) bond motifs is 3. The van der Waals surface area contributed by atoms with Crippen LogP contribution in [-0.2, 0) is 21.4 Å². The van der Waals surface area contributed by atoms with Crippen LogP contribution in [0.15, 0.2) is 54.7 Å². The van der Waals surface area contributed by atoms with E-state index in [-0.39, 0.29) is 23.3 Å². The first kappa shape index (κ1) is 18.9. The summed E-state index contributed by atoms with van der Waals surface area (Å²) >= 11 is 0. The molecule has 5 rings (SSSR count). The lowest BCUT2D eigenvalue weighted by Crippen LogP contribution is -2.45. The highest BCUT2D eigenvalue weighted by Gasteiger charge is 2.46. The van der Waals surface area contributed by atoms with Crippen LogP contribution in [0.4, 0.5) is 0 Å². The van der Waals surface area contributed by atoms with Gasteiger partial charge in [0.05, 0.1) is 12.5 Å². The van der Waals surface area contributed by atoms with Gasteiger partial charge in [0.15, 0.2) is 0 Å². The lowest BCUT2D eigenvalue weighted by Gasteiger charge is -2.40. The van der Waals surface area contributed by atoms with E-state index >= 15 is 0 Å². The Morgan fingerprint density at radius 1 is 1.10 bits per heavy atom. The van der Waals surface area contributed by atoms with Gasteiger partial charge in [0.1, 0.15) is 0 Å². The van der Waals surface area contributed by atoms with E-state index in [0.29, 0.717) is 6.42 Å². The number of aromatic amines is 1. The van der Waals surface area contributed by atoms with E-state index in [1.54, 1.807) is 6.92 Å². The number of H-pyrrole nitrogens is 1. The fraction of sp³-hybridized carbons (Fsp3) is 0.360. The fourth-order valence-electron chi connectivity index (χ4n) is 5.48. The Kier molecular flexibility index (Phi) is 4.61. The number of nitrogens with zero attached hydrogens (tertiary/aromatic N) is 1. The first-order chi connectivity index (χ1) is 14.6. The molecule has 0 radical (unpaired) electrons. The predicted molar refractivity (Wildman–Crippen MR) is 117 cm³/mol. The number of hydrogen-bond acceptors (Lipinski definition) is 2. The molecule has 5 heteroatoms. The number of rotatable bonds is 3. The summed E-state index contributed by atoms with van der Waals surface area (Å²) in [4.78, 5) is 30.0. The summed E-state index contributed by atoms with van der Waals surface area (Å²) in [6.45, 7) is 3.12. The Morgan fingerprint density at radius 3 is 2.63 bits per heavy atom. The van der Waals surface area contributed by atoms with E-state index < -0.39 is 0 Å². The summed E-state index contributed by atoms with van der Waals surface area (Å²) in [5.41, 5.74) is 4.79. The van der Waals surface area contributed by atoms with Crippen LogP contribution >= 0.6 is 0 Å². The molecule has 3 aromatic rings. The van der Waals surface area contributed by atoms with Gasteiger partial charge < -0.3 is 15.2 Å². The Balaban J connectivity index is 1.30. The van der Waals surface area contributed by atoms with Gasteiger partial charge in [0, 0.05) is 42.5 Å². The van der Waals surface area contributed by atoms with Gasteiger partial charge >= 0.3 is 0 Å². The van der Waals surface area contributed by atoms with Crippen molar-refractivity contribution in [3.05, 3.63) is 71.4 Å². The monoisotopic (exact) mass is 401 g/mol. The van der Waals surface area contributed by atoms with Crippen molar-refractivity contribution in [1.82, 2.24) is 15.2 Å². The minimum atomic E-state index is 0.0122. The van der Waals surface area contributed by atoms with Crippen molar-refractivity contribution < 1.29 is 9.59 Å². The summed E-state index contributed by atoms with van der Waals surface area (Å²) in [5.74, 6) is 0.206. The minimum absolute atomic E-state index is 0.0122. The van der Waals surface area contributed by atoms with Gasteiger partial charge in [-0.25, -0.2) is 0 Å². The summed E-state index contributed by atoms with van der Waals surface area (Å²) in [5, 5.41) is 4.25. The van der Waals surface area contributed by atoms with Crippen molar-refractivity contribution in [3.63, 3.8) is 0 Å². The highest BCUT2D eigenvalue weighted by Crippen LogP contribution is 2.50. The molecule has 1 unspecified atom stereocenters. The van der Waals surface area contributed by atoms with Crippen LogP contribution in [0.2, 0.25) is 0 Å². The topological polar surface area (TPSA) is 65.2 Å². The van der Waals surface area contributed by atoms with Crippen LogP contribution in [-0.4, -0.2) is 34.8 Å². The van der Waals surface area contributed by atoms with Crippen LogP contribution in [0.3, 0.4) is 0 Å². The van der Waals surface area contributed by atoms with Crippen molar-refractivity contribution in [1.29, 1.82) is 0 Å². The first-order valence-electron chi connectivity index (χ1n) is 10.7. The lowest BCUT2D eigenvalue weighted by atomic mass is 9.73. The predicted octanol–water partition coefficient (Wildman–Crippen LogP) is 3.85. The number of benzene rings is 2. The molecular weight excluding hydrogens is 374 g/mol. The fourth-order valence-corrected chi connectivity index (χ4v) is 5.48. The molecular formula is C25H27N3O2. The molecule has 2 amide bonds. The number of piperidine rings is 1.